The fraction of sp³-hybridized carbons (Fsp3) is 0.214. The molecule has 112 valence electrons. The van der Waals surface area contributed by atoms with Gasteiger partial charge in [-0.2, -0.15) is 8.78 Å². The van der Waals surface area contributed by atoms with Gasteiger partial charge in [-0.15, -0.1) is 0 Å². The summed E-state index contributed by atoms with van der Waals surface area (Å²) in [6.07, 6.45) is -1.14. The molecule has 1 unspecified atom stereocenters. The number of methoxy groups -OCH3 is 1. The third kappa shape index (κ3) is 3.57. The van der Waals surface area contributed by atoms with Crippen LogP contribution in [0, 0.1) is 0 Å². The molecule has 0 saturated carbocycles. The van der Waals surface area contributed by atoms with Crippen LogP contribution in [0.15, 0.2) is 40.8 Å². The van der Waals surface area contributed by atoms with Gasteiger partial charge in [0.15, 0.2) is 0 Å². The van der Waals surface area contributed by atoms with Crippen LogP contribution < -0.4 is 4.74 Å². The topological polar surface area (TPSA) is 68.9 Å². The zero-order valence-electron chi connectivity index (χ0n) is 11.0. The molecule has 2 rings (SSSR count). The Labute approximate surface area is 118 Å². The molecule has 0 radical (unpaired) electrons. The average molecular weight is 298 g/mol. The predicted octanol–water partition coefficient (Wildman–Crippen LogP) is 2.75. The number of benzene rings is 1. The molecular formula is C14H12F2O5. The Morgan fingerprint density at radius 2 is 1.86 bits per heavy atom. The van der Waals surface area contributed by atoms with Crippen LogP contribution in [0.5, 0.6) is 5.75 Å². The molecule has 0 aliphatic heterocycles. The first-order valence-electron chi connectivity index (χ1n) is 5.92. The zero-order chi connectivity index (χ0) is 15.4. The molecule has 7 heteroatoms. The van der Waals surface area contributed by atoms with Gasteiger partial charge < -0.3 is 19.0 Å². The van der Waals surface area contributed by atoms with Crippen molar-refractivity contribution in [2.45, 2.75) is 12.7 Å². The standard InChI is InChI=1S/C14H12F2O5/c1-19-13(18)11-7-6-10(21-11)12(17)8-2-4-9(5-3-8)20-14(15)16/h2-7,12,14,17H,1H3. The molecule has 5 nitrogen and oxygen atoms in total. The summed E-state index contributed by atoms with van der Waals surface area (Å²) in [5.41, 5.74) is 0.405. The number of halogens is 2. The number of carbonyl (C=O) groups excluding carboxylic acids is 1. The van der Waals surface area contributed by atoms with E-state index in [2.05, 4.69) is 9.47 Å². The molecule has 1 N–H and O–H groups in total. The number of carbonyl (C=O) groups is 1. The van der Waals surface area contributed by atoms with Crippen LogP contribution in [-0.2, 0) is 4.74 Å². The molecule has 0 aliphatic rings. The van der Waals surface area contributed by atoms with Crippen molar-refractivity contribution in [3.63, 3.8) is 0 Å². The first-order valence-corrected chi connectivity index (χ1v) is 5.92. The molecule has 2 aromatic rings. The van der Waals surface area contributed by atoms with Crippen molar-refractivity contribution in [2.75, 3.05) is 7.11 Å². The highest BCUT2D eigenvalue weighted by Gasteiger charge is 2.18. The number of ether oxygens (including phenoxy) is 2. The molecule has 0 fully saturated rings. The van der Waals surface area contributed by atoms with E-state index in [-0.39, 0.29) is 17.3 Å². The van der Waals surface area contributed by atoms with E-state index in [9.17, 15) is 18.7 Å². The molecule has 21 heavy (non-hydrogen) atoms. The van der Waals surface area contributed by atoms with Crippen molar-refractivity contribution in [3.05, 3.63) is 53.5 Å². The Kier molecular flexibility index (Phi) is 4.54. The van der Waals surface area contributed by atoms with Crippen LogP contribution in [0.4, 0.5) is 8.78 Å². The molecule has 1 heterocycles. The summed E-state index contributed by atoms with van der Waals surface area (Å²) in [4.78, 5) is 11.2. The van der Waals surface area contributed by atoms with Gasteiger partial charge in [-0.25, -0.2) is 4.79 Å². The largest absolute Gasteiger partial charge is 0.463 e. The summed E-state index contributed by atoms with van der Waals surface area (Å²) in [5.74, 6) is -0.577. The van der Waals surface area contributed by atoms with Crippen LogP contribution in [0.1, 0.15) is 28.0 Å². The van der Waals surface area contributed by atoms with Gasteiger partial charge >= 0.3 is 12.6 Å². The van der Waals surface area contributed by atoms with Crippen molar-refractivity contribution < 1.29 is 32.6 Å². The van der Waals surface area contributed by atoms with Gasteiger partial charge in [-0.05, 0) is 29.8 Å². The van der Waals surface area contributed by atoms with Crippen LogP contribution >= 0.6 is 0 Å². The minimum Gasteiger partial charge on any atom is -0.463 e. The Balaban J connectivity index is 2.14. The molecule has 0 saturated heterocycles. The smallest absolute Gasteiger partial charge is 0.387 e. The summed E-state index contributed by atoms with van der Waals surface area (Å²) < 4.78 is 37.9. The van der Waals surface area contributed by atoms with E-state index in [1.54, 1.807) is 0 Å². The summed E-state index contributed by atoms with van der Waals surface area (Å²) in [6.45, 7) is -2.91. The van der Waals surface area contributed by atoms with E-state index < -0.39 is 18.7 Å². The molecule has 0 aliphatic carbocycles. The minimum atomic E-state index is -2.91. The molecule has 1 aromatic heterocycles. The molecule has 0 amide bonds. The summed E-state index contributed by atoms with van der Waals surface area (Å²) >= 11 is 0. The number of aliphatic hydroxyl groups excluding tert-OH is 1. The number of alkyl halides is 2. The lowest BCUT2D eigenvalue weighted by Gasteiger charge is -2.09. The molecule has 0 spiro atoms. The van der Waals surface area contributed by atoms with E-state index in [1.165, 1.54) is 43.5 Å². The van der Waals surface area contributed by atoms with Gasteiger partial charge in [-0.1, -0.05) is 12.1 Å². The number of aliphatic hydroxyl groups is 1. The highest BCUT2D eigenvalue weighted by Crippen LogP contribution is 2.26. The number of hydrogen-bond acceptors (Lipinski definition) is 5. The van der Waals surface area contributed by atoms with E-state index in [1.807, 2.05) is 0 Å². The van der Waals surface area contributed by atoms with Gasteiger partial charge in [0, 0.05) is 0 Å². The average Bonchev–Trinajstić information content (AvgIpc) is 2.95. The Morgan fingerprint density at radius 1 is 1.19 bits per heavy atom. The van der Waals surface area contributed by atoms with E-state index in [0.29, 0.717) is 5.56 Å². The van der Waals surface area contributed by atoms with Crippen LogP contribution in [-0.4, -0.2) is 24.8 Å². The fourth-order valence-electron chi connectivity index (χ4n) is 1.71. The highest BCUT2D eigenvalue weighted by molar-refractivity contribution is 5.86. The molecule has 0 bridgehead atoms. The van der Waals surface area contributed by atoms with Crippen molar-refractivity contribution >= 4 is 5.97 Å². The zero-order valence-corrected chi connectivity index (χ0v) is 11.0. The van der Waals surface area contributed by atoms with E-state index in [0.717, 1.165) is 0 Å². The third-order valence-corrected chi connectivity index (χ3v) is 2.70. The maximum absolute atomic E-state index is 12.0. The summed E-state index contributed by atoms with van der Waals surface area (Å²) in [6, 6.07) is 8.24. The van der Waals surface area contributed by atoms with Crippen LogP contribution in [0.25, 0.3) is 0 Å². The number of furan rings is 1. The van der Waals surface area contributed by atoms with E-state index >= 15 is 0 Å². The molecular weight excluding hydrogens is 286 g/mol. The van der Waals surface area contributed by atoms with Gasteiger partial charge in [-0.3, -0.25) is 0 Å². The van der Waals surface area contributed by atoms with Crippen molar-refractivity contribution in [3.8, 4) is 5.75 Å². The summed E-state index contributed by atoms with van der Waals surface area (Å²) in [5, 5.41) is 10.1. The number of rotatable bonds is 5. The maximum Gasteiger partial charge on any atom is 0.387 e. The van der Waals surface area contributed by atoms with Crippen molar-refractivity contribution in [1.82, 2.24) is 0 Å². The SMILES string of the molecule is COC(=O)c1ccc(C(O)c2ccc(OC(F)F)cc2)o1. The molecule has 1 atom stereocenters. The van der Waals surface area contributed by atoms with Gasteiger partial charge in [0.05, 0.1) is 7.11 Å². The summed E-state index contributed by atoms with van der Waals surface area (Å²) in [7, 11) is 1.21. The predicted molar refractivity (Wildman–Crippen MR) is 67.2 cm³/mol. The maximum atomic E-state index is 12.0. The minimum absolute atomic E-state index is 0.0179. The van der Waals surface area contributed by atoms with Gasteiger partial charge in [0.2, 0.25) is 5.76 Å². The normalized spacial score (nSPS) is 12.2. The fourth-order valence-corrected chi connectivity index (χ4v) is 1.71. The van der Waals surface area contributed by atoms with Crippen LogP contribution in [0.3, 0.4) is 0 Å². The number of hydrogen-bond donors (Lipinski definition) is 1. The Hall–Kier alpha value is -2.41. The molecule has 1 aromatic carbocycles. The Morgan fingerprint density at radius 3 is 2.43 bits per heavy atom. The van der Waals surface area contributed by atoms with E-state index in [4.69, 9.17) is 4.42 Å². The van der Waals surface area contributed by atoms with Crippen molar-refractivity contribution in [1.29, 1.82) is 0 Å². The third-order valence-electron chi connectivity index (χ3n) is 2.70. The van der Waals surface area contributed by atoms with Gasteiger partial charge in [0.1, 0.15) is 17.6 Å². The lowest BCUT2D eigenvalue weighted by atomic mass is 10.1. The van der Waals surface area contributed by atoms with Crippen LogP contribution in [0.2, 0.25) is 0 Å². The second-order valence-electron chi connectivity index (χ2n) is 4.04. The van der Waals surface area contributed by atoms with Gasteiger partial charge in [0.25, 0.3) is 0 Å². The first kappa shape index (κ1) is 15.0. The second kappa shape index (κ2) is 6.36. The monoisotopic (exact) mass is 298 g/mol. The first-order chi connectivity index (χ1) is 10.0. The van der Waals surface area contributed by atoms with Crippen molar-refractivity contribution in [2.24, 2.45) is 0 Å². The lowest BCUT2D eigenvalue weighted by molar-refractivity contribution is -0.0498. The quantitative estimate of drug-likeness (QED) is 0.860. The second-order valence-corrected chi connectivity index (χ2v) is 4.04. The highest BCUT2D eigenvalue weighted by atomic mass is 19.3. The number of esters is 1. The Bertz CT molecular complexity index is 606. The lowest BCUT2D eigenvalue weighted by Crippen LogP contribution is -2.03.